The fourth-order valence-corrected chi connectivity index (χ4v) is 5.49. The van der Waals surface area contributed by atoms with Crippen LogP contribution >= 0.6 is 0 Å². The molecule has 0 aliphatic heterocycles. The van der Waals surface area contributed by atoms with Crippen LogP contribution in [0.5, 0.6) is 0 Å². The van der Waals surface area contributed by atoms with Crippen molar-refractivity contribution in [3.05, 3.63) is 0 Å². The molecule has 2 aliphatic carbocycles. The van der Waals surface area contributed by atoms with Crippen LogP contribution < -0.4 is 0 Å². The van der Waals surface area contributed by atoms with Gasteiger partial charge in [0.15, 0.2) is 0 Å². The molecule has 0 aromatic rings. The molecule has 0 aromatic carbocycles. The Morgan fingerprint density at radius 2 is 1.52 bits per heavy atom. The third kappa shape index (κ3) is 4.74. The van der Waals surface area contributed by atoms with Crippen molar-refractivity contribution in [3.8, 4) is 6.07 Å². The Labute approximate surface area is 145 Å². The lowest BCUT2D eigenvalue weighted by molar-refractivity contribution is 0.0788. The fourth-order valence-electron chi connectivity index (χ4n) is 5.49. The number of hydrogen-bond acceptors (Lipinski definition) is 1. The predicted molar refractivity (Wildman–Crippen MR) is 99.0 cm³/mol. The molecule has 1 heteroatoms. The lowest BCUT2D eigenvalue weighted by Gasteiger charge is -2.44. The monoisotopic (exact) mass is 317 g/mol. The summed E-state index contributed by atoms with van der Waals surface area (Å²) in [5.74, 6) is 3.52. The van der Waals surface area contributed by atoms with Gasteiger partial charge in [-0.05, 0) is 75.0 Å². The molecule has 1 nitrogen and oxygen atoms in total. The molecular formula is C22H39N. The molecular weight excluding hydrogens is 278 g/mol. The van der Waals surface area contributed by atoms with Gasteiger partial charge in [0.1, 0.15) is 0 Å². The van der Waals surface area contributed by atoms with Crippen LogP contribution in [-0.4, -0.2) is 0 Å². The standard InChI is InChI=1S/C22H39N/c1-4-6-8-21(7-5-2)22(17-23)15-13-20(14-16-22)19-11-9-18(3)10-12-19/h18-21H,4-16H2,1-3H3/t18-,19-,20-,21-,22-/m0/s1. The van der Waals surface area contributed by atoms with Crippen LogP contribution in [0.4, 0.5) is 0 Å². The minimum Gasteiger partial charge on any atom is -0.198 e. The zero-order valence-electron chi connectivity index (χ0n) is 15.9. The van der Waals surface area contributed by atoms with Crippen LogP contribution in [0.2, 0.25) is 0 Å². The molecule has 0 spiro atoms. The Kier molecular flexibility index (Phi) is 7.45. The van der Waals surface area contributed by atoms with E-state index in [4.69, 9.17) is 0 Å². The summed E-state index contributed by atoms with van der Waals surface area (Å²) in [6.45, 7) is 6.99. The van der Waals surface area contributed by atoms with E-state index in [2.05, 4.69) is 26.8 Å². The van der Waals surface area contributed by atoms with E-state index >= 15 is 0 Å². The van der Waals surface area contributed by atoms with Gasteiger partial charge in [0.05, 0.1) is 11.5 Å². The Hall–Kier alpha value is -0.510. The fraction of sp³-hybridized carbons (Fsp3) is 0.955. The van der Waals surface area contributed by atoms with Crippen LogP contribution in [0.15, 0.2) is 0 Å². The van der Waals surface area contributed by atoms with Gasteiger partial charge < -0.3 is 0 Å². The third-order valence-electron chi connectivity index (χ3n) is 7.20. The predicted octanol–water partition coefficient (Wildman–Crippen LogP) is 7.12. The summed E-state index contributed by atoms with van der Waals surface area (Å²) in [5.41, 5.74) is 0.0175. The van der Waals surface area contributed by atoms with Crippen molar-refractivity contribution in [2.45, 2.75) is 104 Å². The van der Waals surface area contributed by atoms with E-state index < -0.39 is 0 Å². The summed E-state index contributed by atoms with van der Waals surface area (Å²) < 4.78 is 0. The zero-order valence-corrected chi connectivity index (χ0v) is 15.9. The second-order valence-corrected chi connectivity index (χ2v) is 8.75. The van der Waals surface area contributed by atoms with Crippen LogP contribution in [-0.2, 0) is 0 Å². The number of hydrogen-bond donors (Lipinski definition) is 0. The first-order valence-electron chi connectivity index (χ1n) is 10.6. The van der Waals surface area contributed by atoms with Gasteiger partial charge in [-0.2, -0.15) is 5.26 Å². The Balaban J connectivity index is 1.93. The maximum Gasteiger partial charge on any atom is 0.0692 e. The molecule has 1 atom stereocenters. The van der Waals surface area contributed by atoms with E-state index in [0.29, 0.717) is 5.92 Å². The Morgan fingerprint density at radius 1 is 0.913 bits per heavy atom. The summed E-state index contributed by atoms with van der Waals surface area (Å²) in [5, 5.41) is 10.0. The van der Waals surface area contributed by atoms with Gasteiger partial charge >= 0.3 is 0 Å². The lowest BCUT2D eigenvalue weighted by Crippen LogP contribution is -2.36. The molecule has 0 bridgehead atoms. The van der Waals surface area contributed by atoms with E-state index in [-0.39, 0.29) is 5.41 Å². The average Bonchev–Trinajstić information content (AvgIpc) is 2.59. The maximum atomic E-state index is 10.0. The van der Waals surface area contributed by atoms with Gasteiger partial charge in [-0.3, -0.25) is 0 Å². The summed E-state index contributed by atoms with van der Waals surface area (Å²) in [7, 11) is 0. The molecule has 2 saturated carbocycles. The minimum atomic E-state index is 0.0175. The highest BCUT2D eigenvalue weighted by molar-refractivity contribution is 5.05. The van der Waals surface area contributed by atoms with Gasteiger partial charge in [0.25, 0.3) is 0 Å². The van der Waals surface area contributed by atoms with Crippen LogP contribution in [0, 0.1) is 40.4 Å². The SMILES string of the molecule is CCCC[C@H](CCC)[C@]1(C#N)CC[C@@H]([C@H]2CC[C@H](C)CC2)CC1. The van der Waals surface area contributed by atoms with Crippen molar-refractivity contribution in [1.29, 1.82) is 5.26 Å². The van der Waals surface area contributed by atoms with E-state index in [1.165, 1.54) is 83.5 Å². The first-order chi connectivity index (χ1) is 11.1. The second-order valence-electron chi connectivity index (χ2n) is 8.75. The maximum absolute atomic E-state index is 10.0. The number of nitriles is 1. The molecule has 0 N–H and O–H groups in total. The third-order valence-corrected chi connectivity index (χ3v) is 7.20. The van der Waals surface area contributed by atoms with Gasteiger partial charge in [0, 0.05) is 0 Å². The van der Waals surface area contributed by atoms with Gasteiger partial charge in [-0.15, -0.1) is 0 Å². The molecule has 2 aliphatic rings. The van der Waals surface area contributed by atoms with Crippen molar-refractivity contribution in [2.75, 3.05) is 0 Å². The highest BCUT2D eigenvalue weighted by atomic mass is 14.5. The zero-order chi connectivity index (χ0) is 16.7. The topological polar surface area (TPSA) is 23.8 Å². The number of rotatable bonds is 7. The molecule has 0 saturated heterocycles. The van der Waals surface area contributed by atoms with Gasteiger partial charge in [-0.25, -0.2) is 0 Å². The number of unbranched alkanes of at least 4 members (excludes halogenated alkanes) is 1. The molecule has 23 heavy (non-hydrogen) atoms. The summed E-state index contributed by atoms with van der Waals surface area (Å²) in [6, 6.07) is 2.84. The largest absolute Gasteiger partial charge is 0.198 e. The molecule has 2 rings (SSSR count). The van der Waals surface area contributed by atoms with E-state index in [1.54, 1.807) is 0 Å². The molecule has 0 heterocycles. The molecule has 0 radical (unpaired) electrons. The average molecular weight is 318 g/mol. The highest BCUT2D eigenvalue weighted by Crippen LogP contribution is 2.50. The lowest BCUT2D eigenvalue weighted by atomic mass is 9.59. The summed E-state index contributed by atoms with van der Waals surface area (Å²) in [6.07, 6.45) is 17.2. The Morgan fingerprint density at radius 3 is 2.04 bits per heavy atom. The van der Waals surface area contributed by atoms with Crippen molar-refractivity contribution in [1.82, 2.24) is 0 Å². The molecule has 0 unspecified atom stereocenters. The smallest absolute Gasteiger partial charge is 0.0692 e. The molecule has 0 amide bonds. The van der Waals surface area contributed by atoms with Crippen molar-refractivity contribution in [3.63, 3.8) is 0 Å². The normalized spacial score (nSPS) is 36.3. The first-order valence-corrected chi connectivity index (χ1v) is 10.6. The van der Waals surface area contributed by atoms with Gasteiger partial charge in [0.2, 0.25) is 0 Å². The number of nitrogens with zero attached hydrogens (tertiary/aromatic N) is 1. The molecule has 2 fully saturated rings. The van der Waals surface area contributed by atoms with Crippen molar-refractivity contribution >= 4 is 0 Å². The molecule has 132 valence electrons. The Bertz CT molecular complexity index is 364. The van der Waals surface area contributed by atoms with E-state index in [1.807, 2.05) is 0 Å². The van der Waals surface area contributed by atoms with Gasteiger partial charge in [-0.1, -0.05) is 52.9 Å². The van der Waals surface area contributed by atoms with Crippen LogP contribution in [0.3, 0.4) is 0 Å². The second kappa shape index (κ2) is 9.10. The summed E-state index contributed by atoms with van der Waals surface area (Å²) >= 11 is 0. The molecule has 0 aromatic heterocycles. The van der Waals surface area contributed by atoms with Crippen molar-refractivity contribution < 1.29 is 0 Å². The van der Waals surface area contributed by atoms with E-state index in [0.717, 1.165) is 17.8 Å². The first kappa shape index (κ1) is 18.8. The van der Waals surface area contributed by atoms with Crippen molar-refractivity contribution in [2.24, 2.45) is 29.1 Å². The quantitative estimate of drug-likeness (QED) is 0.490. The van der Waals surface area contributed by atoms with E-state index in [9.17, 15) is 5.26 Å². The highest BCUT2D eigenvalue weighted by Gasteiger charge is 2.42. The van der Waals surface area contributed by atoms with Crippen LogP contribution in [0.1, 0.15) is 104 Å². The van der Waals surface area contributed by atoms with Crippen LogP contribution in [0.25, 0.3) is 0 Å². The minimum absolute atomic E-state index is 0.0175. The summed E-state index contributed by atoms with van der Waals surface area (Å²) in [4.78, 5) is 0.